The molecular weight excluding hydrogens is 272 g/mol. The zero-order chi connectivity index (χ0) is 15.6. The van der Waals surface area contributed by atoms with E-state index in [4.69, 9.17) is 5.73 Å². The average Bonchev–Trinajstić information content (AvgIpc) is 2.42. The van der Waals surface area contributed by atoms with Crippen molar-refractivity contribution in [3.05, 3.63) is 57.3 Å². The Kier molecular flexibility index (Phi) is 3.93. The van der Waals surface area contributed by atoms with Gasteiger partial charge >= 0.3 is 0 Å². The van der Waals surface area contributed by atoms with Crippen LogP contribution in [0.3, 0.4) is 0 Å². The molecule has 110 valence electrons. The van der Waals surface area contributed by atoms with E-state index in [9.17, 15) is 14.9 Å². The van der Waals surface area contributed by atoms with Crippen LogP contribution >= 0.6 is 0 Å². The van der Waals surface area contributed by atoms with E-state index in [1.807, 2.05) is 0 Å². The molecule has 0 saturated carbocycles. The molecule has 21 heavy (non-hydrogen) atoms. The van der Waals surface area contributed by atoms with Crippen LogP contribution in [0.4, 0.5) is 11.4 Å². The molecule has 3 N–H and O–H groups in total. The number of benzene rings is 1. The van der Waals surface area contributed by atoms with Crippen molar-refractivity contribution < 1.29 is 9.72 Å². The maximum atomic E-state index is 11.2. The molecule has 1 heterocycles. The Bertz CT molecular complexity index is 664. The Morgan fingerprint density at radius 3 is 2.76 bits per heavy atom. The Balaban J connectivity index is 2.24. The van der Waals surface area contributed by atoms with Gasteiger partial charge in [-0.3, -0.25) is 25.3 Å². The van der Waals surface area contributed by atoms with Gasteiger partial charge < -0.3 is 5.73 Å². The highest BCUT2D eigenvalue weighted by molar-refractivity contribution is 5.93. The van der Waals surface area contributed by atoms with Crippen LogP contribution in [0, 0.1) is 24.0 Å². The van der Waals surface area contributed by atoms with Crippen LogP contribution in [0.2, 0.25) is 0 Å². The number of nitro groups is 1. The van der Waals surface area contributed by atoms with Gasteiger partial charge in [0.1, 0.15) is 0 Å². The number of hydrogen-bond acceptors (Lipinski definition) is 5. The second kappa shape index (κ2) is 5.66. The summed E-state index contributed by atoms with van der Waals surface area (Å²) in [4.78, 5) is 21.9. The summed E-state index contributed by atoms with van der Waals surface area (Å²) >= 11 is 0. The summed E-state index contributed by atoms with van der Waals surface area (Å²) in [5.41, 5.74) is 10.6. The number of nitrogens with zero attached hydrogens (tertiary/aromatic N) is 2. The van der Waals surface area contributed by atoms with Gasteiger partial charge in [0.25, 0.3) is 5.69 Å². The molecule has 1 aliphatic heterocycles. The first-order chi connectivity index (χ1) is 9.90. The summed E-state index contributed by atoms with van der Waals surface area (Å²) < 4.78 is 0. The Morgan fingerprint density at radius 1 is 1.43 bits per heavy atom. The lowest BCUT2D eigenvalue weighted by Gasteiger charge is -2.26. The summed E-state index contributed by atoms with van der Waals surface area (Å²) in [5.74, 6) is -0.488. The molecule has 0 radical (unpaired) electrons. The quantitative estimate of drug-likeness (QED) is 0.649. The van der Waals surface area contributed by atoms with Gasteiger partial charge in [-0.15, -0.1) is 0 Å². The van der Waals surface area contributed by atoms with Crippen LogP contribution in [-0.2, 0) is 4.79 Å². The summed E-state index contributed by atoms with van der Waals surface area (Å²) in [6, 6.07) is 3.46. The fourth-order valence-corrected chi connectivity index (χ4v) is 2.18. The number of carbonyl (C=O) groups excluding carboxylic acids is 1. The Hall–Kier alpha value is -2.83. The third-order valence-electron chi connectivity index (χ3n) is 3.30. The first kappa shape index (κ1) is 14.6. The van der Waals surface area contributed by atoms with E-state index in [-0.39, 0.29) is 5.69 Å². The van der Waals surface area contributed by atoms with Gasteiger partial charge in [0.2, 0.25) is 5.91 Å². The van der Waals surface area contributed by atoms with Crippen LogP contribution in [0.25, 0.3) is 0 Å². The van der Waals surface area contributed by atoms with Crippen LogP contribution in [0.1, 0.15) is 11.1 Å². The van der Waals surface area contributed by atoms with Crippen molar-refractivity contribution in [2.45, 2.75) is 13.8 Å². The van der Waals surface area contributed by atoms with Gasteiger partial charge in [0.15, 0.2) is 0 Å². The Morgan fingerprint density at radius 2 is 2.14 bits per heavy atom. The van der Waals surface area contributed by atoms with Crippen molar-refractivity contribution in [3.8, 4) is 0 Å². The molecule has 0 saturated heterocycles. The van der Waals surface area contributed by atoms with E-state index in [2.05, 4.69) is 5.43 Å². The number of primary amides is 1. The van der Waals surface area contributed by atoms with Gasteiger partial charge in [0, 0.05) is 17.3 Å². The highest BCUT2D eigenvalue weighted by Gasteiger charge is 2.19. The second-order valence-electron chi connectivity index (χ2n) is 4.80. The van der Waals surface area contributed by atoms with Crippen molar-refractivity contribution in [1.82, 2.24) is 5.01 Å². The van der Waals surface area contributed by atoms with Crippen LogP contribution < -0.4 is 11.2 Å². The minimum Gasteiger partial charge on any atom is -0.366 e. The lowest BCUT2D eigenvalue weighted by Crippen LogP contribution is -2.32. The van der Waals surface area contributed by atoms with Gasteiger partial charge in [-0.25, -0.2) is 0 Å². The third kappa shape index (κ3) is 3.02. The van der Waals surface area contributed by atoms with Gasteiger partial charge in [0.05, 0.1) is 22.7 Å². The maximum Gasteiger partial charge on any atom is 0.277 e. The molecule has 0 aliphatic carbocycles. The molecule has 1 aromatic carbocycles. The number of rotatable bonds is 4. The van der Waals surface area contributed by atoms with Crippen LogP contribution in [-0.4, -0.2) is 22.4 Å². The number of amides is 1. The normalized spacial score (nSPS) is 13.8. The summed E-state index contributed by atoms with van der Waals surface area (Å²) in [6.45, 7) is 3.68. The lowest BCUT2D eigenvalue weighted by molar-refractivity contribution is -0.386. The number of aryl methyl sites for hydroxylation is 1. The summed E-state index contributed by atoms with van der Waals surface area (Å²) in [7, 11) is 0. The Labute approximate surface area is 121 Å². The maximum absolute atomic E-state index is 11.2. The molecule has 1 aliphatic rings. The highest BCUT2D eigenvalue weighted by atomic mass is 16.6. The van der Waals surface area contributed by atoms with E-state index in [0.29, 0.717) is 28.9 Å². The number of nitrogens with two attached hydrogens (primary N) is 1. The first-order valence-corrected chi connectivity index (χ1v) is 6.35. The molecule has 0 atom stereocenters. The molecule has 2 rings (SSSR count). The lowest BCUT2D eigenvalue weighted by atomic mass is 10.1. The van der Waals surface area contributed by atoms with Crippen LogP contribution in [0.5, 0.6) is 0 Å². The van der Waals surface area contributed by atoms with E-state index < -0.39 is 10.8 Å². The minimum absolute atomic E-state index is 0.0895. The van der Waals surface area contributed by atoms with E-state index in [1.54, 1.807) is 49.3 Å². The van der Waals surface area contributed by atoms with Crippen molar-refractivity contribution in [2.75, 3.05) is 12.0 Å². The van der Waals surface area contributed by atoms with Gasteiger partial charge in [-0.2, -0.15) is 0 Å². The molecule has 0 aromatic heterocycles. The second-order valence-corrected chi connectivity index (χ2v) is 4.80. The molecule has 0 fully saturated rings. The predicted octanol–water partition coefficient (Wildman–Crippen LogP) is 1.78. The largest absolute Gasteiger partial charge is 0.366 e. The zero-order valence-corrected chi connectivity index (χ0v) is 11.8. The fourth-order valence-electron chi connectivity index (χ4n) is 2.18. The van der Waals surface area contributed by atoms with Gasteiger partial charge in [-0.1, -0.05) is 12.1 Å². The summed E-state index contributed by atoms with van der Waals surface area (Å²) in [6.07, 6.45) is 5.07. The van der Waals surface area contributed by atoms with Crippen molar-refractivity contribution in [2.24, 2.45) is 5.73 Å². The molecule has 0 unspecified atom stereocenters. The zero-order valence-electron chi connectivity index (χ0n) is 11.8. The number of hydrogen-bond donors (Lipinski definition) is 2. The third-order valence-corrected chi connectivity index (χ3v) is 3.30. The van der Waals surface area contributed by atoms with Crippen molar-refractivity contribution >= 4 is 17.3 Å². The number of nitro benzene ring substituents is 1. The minimum atomic E-state index is -0.488. The van der Waals surface area contributed by atoms with E-state index >= 15 is 0 Å². The summed E-state index contributed by atoms with van der Waals surface area (Å²) in [5, 5.41) is 12.8. The van der Waals surface area contributed by atoms with E-state index in [1.165, 1.54) is 0 Å². The first-order valence-electron chi connectivity index (χ1n) is 6.35. The molecule has 0 spiro atoms. The molecule has 7 heteroatoms. The highest BCUT2D eigenvalue weighted by Crippen LogP contribution is 2.29. The molecule has 0 bridgehead atoms. The number of allylic oxidation sites excluding steroid dienone is 2. The fraction of sp³-hybridized carbons (Fsp3) is 0.214. The topological polar surface area (TPSA) is 102 Å². The number of anilines is 1. The van der Waals surface area contributed by atoms with Gasteiger partial charge in [-0.05, 0) is 26.0 Å². The van der Waals surface area contributed by atoms with Crippen molar-refractivity contribution in [1.29, 1.82) is 0 Å². The van der Waals surface area contributed by atoms with Crippen molar-refractivity contribution in [3.63, 3.8) is 0 Å². The standard InChI is InChI=1S/C14H16N4O3/c1-9-5-6-12(10(2)13(9)18(20)21)16-17-7-3-4-11(8-17)14(15)19/h3-7,16H,8H2,1-2H3,(H2,15,19). The molecular formula is C14H16N4O3. The number of hydrazine groups is 1. The number of carbonyl (C=O) groups is 1. The average molecular weight is 288 g/mol. The molecule has 1 amide bonds. The van der Waals surface area contributed by atoms with E-state index in [0.717, 1.165) is 0 Å². The number of nitrogens with one attached hydrogen (secondary N) is 1. The molecule has 1 aromatic rings. The van der Waals surface area contributed by atoms with Crippen LogP contribution in [0.15, 0.2) is 36.1 Å². The SMILES string of the molecule is Cc1ccc(NN2C=CC=C(C(N)=O)C2)c(C)c1[N+](=O)[O-]. The molecule has 7 nitrogen and oxygen atoms in total. The predicted molar refractivity (Wildman–Crippen MR) is 79.3 cm³/mol. The smallest absolute Gasteiger partial charge is 0.277 e. The monoisotopic (exact) mass is 288 g/mol.